The normalized spacial score (nSPS) is 11.1. The number of carbonyl (C=O) groups is 1. The van der Waals surface area contributed by atoms with Crippen LogP contribution >= 0.6 is 23.2 Å². The first-order valence-corrected chi connectivity index (χ1v) is 5.58. The predicted molar refractivity (Wildman–Crippen MR) is 67.4 cm³/mol. The molecule has 0 atom stereocenters. The Morgan fingerprint density at radius 3 is 2.76 bits per heavy atom. The van der Waals surface area contributed by atoms with E-state index in [1.807, 2.05) is 0 Å². The van der Waals surface area contributed by atoms with Gasteiger partial charge in [0.25, 0.3) is 0 Å². The number of rotatable bonds is 5. The highest BCUT2D eigenvalue weighted by atomic mass is 35.5. The molecule has 0 saturated carbocycles. The van der Waals surface area contributed by atoms with Gasteiger partial charge in [-0.25, -0.2) is 4.79 Å². The molecule has 1 aromatic carbocycles. The highest BCUT2D eigenvalue weighted by Crippen LogP contribution is 2.26. The second-order valence-corrected chi connectivity index (χ2v) is 3.87. The minimum atomic E-state index is -1.11. The summed E-state index contributed by atoms with van der Waals surface area (Å²) in [5, 5.41) is 12.3. The summed E-state index contributed by atoms with van der Waals surface area (Å²) >= 11 is 11.7. The molecule has 0 spiro atoms. The van der Waals surface area contributed by atoms with Crippen LogP contribution in [0.25, 0.3) is 0 Å². The molecule has 92 valence electrons. The SMILES string of the molecule is CCOC(=CC(=O)O)Nc1ccc(Cl)cc1Cl. The fourth-order valence-corrected chi connectivity index (χ4v) is 1.56. The van der Waals surface area contributed by atoms with Crippen LogP contribution in [0.1, 0.15) is 6.92 Å². The summed E-state index contributed by atoms with van der Waals surface area (Å²) in [5.74, 6) is -0.991. The highest BCUT2D eigenvalue weighted by molar-refractivity contribution is 6.36. The van der Waals surface area contributed by atoms with Gasteiger partial charge in [-0.1, -0.05) is 23.2 Å². The Balaban J connectivity index is 2.89. The Hall–Kier alpha value is -1.39. The van der Waals surface area contributed by atoms with Crippen molar-refractivity contribution in [2.45, 2.75) is 6.92 Å². The van der Waals surface area contributed by atoms with Crippen molar-refractivity contribution in [3.05, 3.63) is 40.2 Å². The van der Waals surface area contributed by atoms with E-state index in [4.69, 9.17) is 33.0 Å². The third-order valence-corrected chi connectivity index (χ3v) is 2.29. The lowest BCUT2D eigenvalue weighted by molar-refractivity contribution is -0.131. The summed E-state index contributed by atoms with van der Waals surface area (Å²) in [6.07, 6.45) is 0.925. The molecule has 0 aliphatic heterocycles. The van der Waals surface area contributed by atoms with E-state index in [9.17, 15) is 4.79 Å². The Morgan fingerprint density at radius 1 is 1.53 bits per heavy atom. The molecule has 0 bridgehead atoms. The molecule has 17 heavy (non-hydrogen) atoms. The number of hydrogen-bond donors (Lipinski definition) is 2. The van der Waals surface area contributed by atoms with Crippen LogP contribution in [0.2, 0.25) is 10.0 Å². The Bertz CT molecular complexity index is 446. The van der Waals surface area contributed by atoms with Crippen molar-refractivity contribution in [3.8, 4) is 0 Å². The van der Waals surface area contributed by atoms with Crippen LogP contribution in [0.5, 0.6) is 0 Å². The van der Waals surface area contributed by atoms with Crippen LogP contribution in [-0.4, -0.2) is 17.7 Å². The van der Waals surface area contributed by atoms with Crippen molar-refractivity contribution in [1.82, 2.24) is 0 Å². The van der Waals surface area contributed by atoms with Crippen LogP contribution in [0.4, 0.5) is 5.69 Å². The van der Waals surface area contributed by atoms with Crippen LogP contribution in [0.15, 0.2) is 30.2 Å². The first kappa shape index (κ1) is 13.7. The molecule has 2 N–H and O–H groups in total. The van der Waals surface area contributed by atoms with E-state index in [0.29, 0.717) is 22.3 Å². The topological polar surface area (TPSA) is 58.6 Å². The minimum Gasteiger partial charge on any atom is -0.479 e. The number of halogens is 2. The van der Waals surface area contributed by atoms with Crippen LogP contribution in [0.3, 0.4) is 0 Å². The number of ether oxygens (including phenoxy) is 1. The molecule has 0 unspecified atom stereocenters. The fraction of sp³-hybridized carbons (Fsp3) is 0.182. The van der Waals surface area contributed by atoms with Gasteiger partial charge in [-0.15, -0.1) is 0 Å². The molecular formula is C11H11Cl2NO3. The summed E-state index contributed by atoms with van der Waals surface area (Å²) < 4.78 is 5.12. The lowest BCUT2D eigenvalue weighted by Crippen LogP contribution is -2.07. The van der Waals surface area contributed by atoms with Crippen LogP contribution in [0, 0.1) is 0 Å². The smallest absolute Gasteiger partial charge is 0.333 e. The van der Waals surface area contributed by atoms with Gasteiger partial charge in [-0.2, -0.15) is 0 Å². The second-order valence-electron chi connectivity index (χ2n) is 3.03. The van der Waals surface area contributed by atoms with Crippen molar-refractivity contribution in [1.29, 1.82) is 0 Å². The lowest BCUT2D eigenvalue weighted by atomic mass is 10.3. The molecule has 0 radical (unpaired) electrons. The summed E-state index contributed by atoms with van der Waals surface area (Å²) in [7, 11) is 0. The van der Waals surface area contributed by atoms with Crippen LogP contribution < -0.4 is 5.32 Å². The average Bonchev–Trinajstić information content (AvgIpc) is 2.21. The van der Waals surface area contributed by atoms with Gasteiger partial charge in [0, 0.05) is 5.02 Å². The summed E-state index contributed by atoms with van der Waals surface area (Å²) in [4.78, 5) is 10.6. The number of aliphatic carboxylic acids is 1. The maximum atomic E-state index is 10.6. The minimum absolute atomic E-state index is 0.115. The van der Waals surface area contributed by atoms with Crippen molar-refractivity contribution in [3.63, 3.8) is 0 Å². The van der Waals surface area contributed by atoms with E-state index in [-0.39, 0.29) is 5.88 Å². The second kappa shape index (κ2) is 6.37. The Morgan fingerprint density at radius 2 is 2.24 bits per heavy atom. The molecular weight excluding hydrogens is 265 g/mol. The molecule has 1 rings (SSSR count). The van der Waals surface area contributed by atoms with Crippen molar-refractivity contribution < 1.29 is 14.6 Å². The van der Waals surface area contributed by atoms with Gasteiger partial charge in [0.05, 0.1) is 23.4 Å². The average molecular weight is 276 g/mol. The number of hydrogen-bond acceptors (Lipinski definition) is 3. The molecule has 0 saturated heterocycles. The zero-order valence-electron chi connectivity index (χ0n) is 9.04. The highest BCUT2D eigenvalue weighted by Gasteiger charge is 2.06. The third kappa shape index (κ3) is 4.54. The van der Waals surface area contributed by atoms with Crippen molar-refractivity contribution in [2.75, 3.05) is 11.9 Å². The molecule has 6 heteroatoms. The summed E-state index contributed by atoms with van der Waals surface area (Å²) in [6, 6.07) is 4.83. The summed E-state index contributed by atoms with van der Waals surface area (Å²) in [6.45, 7) is 2.10. The third-order valence-electron chi connectivity index (χ3n) is 1.74. The van der Waals surface area contributed by atoms with Gasteiger partial charge in [0.2, 0.25) is 0 Å². The predicted octanol–water partition coefficient (Wildman–Crippen LogP) is 3.37. The van der Waals surface area contributed by atoms with E-state index in [1.54, 1.807) is 25.1 Å². The van der Waals surface area contributed by atoms with Gasteiger partial charge >= 0.3 is 5.97 Å². The van der Waals surface area contributed by atoms with E-state index >= 15 is 0 Å². The first-order valence-electron chi connectivity index (χ1n) is 4.82. The molecule has 0 fully saturated rings. The molecule has 1 aromatic rings. The maximum absolute atomic E-state index is 10.6. The molecule has 0 heterocycles. The van der Waals surface area contributed by atoms with Gasteiger partial charge < -0.3 is 15.2 Å². The zero-order chi connectivity index (χ0) is 12.8. The van der Waals surface area contributed by atoms with Crippen molar-refractivity contribution >= 4 is 34.9 Å². The molecule has 0 aliphatic carbocycles. The number of nitrogens with one attached hydrogen (secondary N) is 1. The van der Waals surface area contributed by atoms with E-state index in [1.165, 1.54) is 0 Å². The van der Waals surface area contributed by atoms with Crippen molar-refractivity contribution in [2.24, 2.45) is 0 Å². The number of carboxylic acids is 1. The van der Waals surface area contributed by atoms with Gasteiger partial charge in [-0.05, 0) is 25.1 Å². The summed E-state index contributed by atoms with van der Waals surface area (Å²) in [5.41, 5.74) is 0.525. The Kier molecular flexibility index (Phi) is 5.12. The van der Waals surface area contributed by atoms with Crippen LogP contribution in [-0.2, 0) is 9.53 Å². The zero-order valence-corrected chi connectivity index (χ0v) is 10.5. The van der Waals surface area contributed by atoms with E-state index in [2.05, 4.69) is 5.32 Å². The first-order chi connectivity index (χ1) is 8.02. The molecule has 0 aromatic heterocycles. The lowest BCUT2D eigenvalue weighted by Gasteiger charge is -2.12. The quantitative estimate of drug-likeness (QED) is 0.639. The number of benzene rings is 1. The van der Waals surface area contributed by atoms with Gasteiger partial charge in [0.1, 0.15) is 0 Å². The maximum Gasteiger partial charge on any atom is 0.333 e. The van der Waals surface area contributed by atoms with Gasteiger partial charge in [0.15, 0.2) is 5.88 Å². The fourth-order valence-electron chi connectivity index (χ4n) is 1.11. The molecule has 0 amide bonds. The molecule has 4 nitrogen and oxygen atoms in total. The monoisotopic (exact) mass is 275 g/mol. The Labute approximate surface area is 109 Å². The van der Waals surface area contributed by atoms with E-state index in [0.717, 1.165) is 6.08 Å². The largest absolute Gasteiger partial charge is 0.479 e. The number of anilines is 1. The number of carboxylic acid groups (broad SMARTS) is 1. The molecule has 0 aliphatic rings. The van der Waals surface area contributed by atoms with E-state index < -0.39 is 5.97 Å². The van der Waals surface area contributed by atoms with Gasteiger partial charge in [-0.3, -0.25) is 0 Å². The standard InChI is InChI=1S/C11H11Cl2NO3/c1-2-17-10(6-11(15)16)14-9-4-3-7(12)5-8(9)13/h3-6,14H,2H2,1H3,(H,15,16).